The van der Waals surface area contributed by atoms with Gasteiger partial charge in [0.1, 0.15) is 12.4 Å². The summed E-state index contributed by atoms with van der Waals surface area (Å²) in [7, 11) is 0. The van der Waals surface area contributed by atoms with E-state index < -0.39 is 5.60 Å². The quantitative estimate of drug-likeness (QED) is 0.794. The summed E-state index contributed by atoms with van der Waals surface area (Å²) in [6.45, 7) is 10.4. The van der Waals surface area contributed by atoms with Crippen molar-refractivity contribution >= 4 is 0 Å². The molecule has 0 unspecified atom stereocenters. The molecule has 0 bridgehead atoms. The van der Waals surface area contributed by atoms with Crippen LogP contribution in [0.5, 0.6) is 5.75 Å². The Morgan fingerprint density at radius 1 is 1.15 bits per heavy atom. The Hall–Kier alpha value is -1.14. The highest BCUT2D eigenvalue weighted by atomic mass is 16.5. The second-order valence-corrected chi connectivity index (χ2v) is 8.56. The normalized spacial score (nSPS) is 30.4. The second kappa shape index (κ2) is 8.48. The number of morpholine rings is 1. The highest BCUT2D eigenvalue weighted by Crippen LogP contribution is 2.47. The van der Waals surface area contributed by atoms with E-state index in [1.54, 1.807) is 0 Å². The van der Waals surface area contributed by atoms with E-state index in [0.717, 1.165) is 71.3 Å². The number of nitrogens with zero attached hydrogens (tertiary/aromatic N) is 2. The molecule has 1 aromatic carbocycles. The summed E-state index contributed by atoms with van der Waals surface area (Å²) in [6.07, 6.45) is 3.32. The lowest BCUT2D eigenvalue weighted by atomic mass is 9.78. The predicted molar refractivity (Wildman–Crippen MR) is 106 cm³/mol. The van der Waals surface area contributed by atoms with Gasteiger partial charge in [0, 0.05) is 44.8 Å². The van der Waals surface area contributed by atoms with Crippen molar-refractivity contribution in [1.29, 1.82) is 0 Å². The summed E-state index contributed by atoms with van der Waals surface area (Å²) < 4.78 is 11.5. The molecule has 1 aromatic rings. The minimum atomic E-state index is -0.426. The Kier molecular flexibility index (Phi) is 6.02. The number of hydrogen-bond donors (Lipinski definition) is 1. The predicted octanol–water partition coefficient (Wildman–Crippen LogP) is 2.38. The Bertz CT molecular complexity index is 615. The van der Waals surface area contributed by atoms with Crippen molar-refractivity contribution in [3.63, 3.8) is 0 Å². The molecule has 0 spiro atoms. The molecule has 4 rings (SSSR count). The van der Waals surface area contributed by atoms with E-state index in [4.69, 9.17) is 9.47 Å². The average Bonchev–Trinajstić information content (AvgIpc) is 3.53. The zero-order valence-corrected chi connectivity index (χ0v) is 16.6. The highest BCUT2D eigenvalue weighted by molar-refractivity contribution is 5.33. The third-order valence-electron chi connectivity index (χ3n) is 6.63. The maximum Gasteiger partial charge on any atom is 0.123 e. The molecule has 2 heterocycles. The molecule has 0 radical (unpaired) electrons. The van der Waals surface area contributed by atoms with Gasteiger partial charge in [-0.2, -0.15) is 0 Å². The SMILES string of the molecule is C[C@@H]1CN(Cc2ccccc2OCCN2CCOCC2)CC[C@@]1(O)C1CC1. The average molecular weight is 375 g/mol. The van der Waals surface area contributed by atoms with Crippen LogP contribution in [0.3, 0.4) is 0 Å². The lowest BCUT2D eigenvalue weighted by Gasteiger charge is -2.43. The number of piperidine rings is 1. The van der Waals surface area contributed by atoms with E-state index in [2.05, 4.69) is 41.0 Å². The number of aliphatic hydroxyl groups is 1. The van der Waals surface area contributed by atoms with Crippen LogP contribution >= 0.6 is 0 Å². The lowest BCUT2D eigenvalue weighted by Crippen LogP contribution is -2.51. The fourth-order valence-electron chi connectivity index (χ4n) is 4.68. The zero-order valence-electron chi connectivity index (χ0n) is 16.6. The van der Waals surface area contributed by atoms with Crippen LogP contribution < -0.4 is 4.74 Å². The molecular formula is C22H34N2O3. The fourth-order valence-corrected chi connectivity index (χ4v) is 4.68. The highest BCUT2D eigenvalue weighted by Gasteiger charge is 2.49. The fraction of sp³-hybridized carbons (Fsp3) is 0.727. The third kappa shape index (κ3) is 4.65. The minimum Gasteiger partial charge on any atom is -0.492 e. The number of ether oxygens (including phenoxy) is 2. The van der Waals surface area contributed by atoms with Crippen LogP contribution in [0.1, 0.15) is 31.7 Å². The lowest BCUT2D eigenvalue weighted by molar-refractivity contribution is -0.0833. The summed E-state index contributed by atoms with van der Waals surface area (Å²) in [5, 5.41) is 11.0. The van der Waals surface area contributed by atoms with Crippen LogP contribution in [0.15, 0.2) is 24.3 Å². The number of para-hydroxylation sites is 1. The van der Waals surface area contributed by atoms with Crippen molar-refractivity contribution in [2.75, 3.05) is 52.5 Å². The molecule has 0 amide bonds. The number of hydrogen-bond acceptors (Lipinski definition) is 5. The van der Waals surface area contributed by atoms with Gasteiger partial charge in [0.15, 0.2) is 0 Å². The Morgan fingerprint density at radius 2 is 1.93 bits per heavy atom. The standard InChI is InChI=1S/C22H34N2O3/c1-18-16-24(9-8-22(18,25)20-6-7-20)17-19-4-2-3-5-21(19)27-15-12-23-10-13-26-14-11-23/h2-5,18,20,25H,6-17H2,1H3/t18-,22+/m1/s1. The monoisotopic (exact) mass is 374 g/mol. The van der Waals surface area contributed by atoms with Crippen molar-refractivity contribution in [2.24, 2.45) is 11.8 Å². The molecule has 1 saturated carbocycles. The summed E-state index contributed by atoms with van der Waals surface area (Å²) in [4.78, 5) is 4.88. The van der Waals surface area contributed by atoms with E-state index in [0.29, 0.717) is 11.8 Å². The van der Waals surface area contributed by atoms with Crippen LogP contribution in [0.4, 0.5) is 0 Å². The molecule has 1 aliphatic carbocycles. The molecule has 1 N–H and O–H groups in total. The summed E-state index contributed by atoms with van der Waals surface area (Å²) >= 11 is 0. The zero-order chi connectivity index (χ0) is 18.7. The third-order valence-corrected chi connectivity index (χ3v) is 6.63. The minimum absolute atomic E-state index is 0.341. The van der Waals surface area contributed by atoms with Gasteiger partial charge in [-0.05, 0) is 37.2 Å². The van der Waals surface area contributed by atoms with Crippen LogP contribution in [0.2, 0.25) is 0 Å². The van der Waals surface area contributed by atoms with Crippen LogP contribution in [0.25, 0.3) is 0 Å². The number of likely N-dealkylation sites (tertiary alicyclic amines) is 1. The van der Waals surface area contributed by atoms with Gasteiger partial charge in [-0.3, -0.25) is 9.80 Å². The number of rotatable bonds is 7. The molecule has 2 atom stereocenters. The smallest absolute Gasteiger partial charge is 0.123 e. The molecule has 0 aromatic heterocycles. The van der Waals surface area contributed by atoms with Gasteiger partial charge in [-0.25, -0.2) is 0 Å². The maximum absolute atomic E-state index is 11.0. The molecule has 2 saturated heterocycles. The van der Waals surface area contributed by atoms with Gasteiger partial charge in [0.2, 0.25) is 0 Å². The first kappa shape index (κ1) is 19.2. The van der Waals surface area contributed by atoms with Crippen molar-refractivity contribution in [3.8, 4) is 5.75 Å². The Balaban J connectivity index is 1.30. The second-order valence-electron chi connectivity index (χ2n) is 8.56. The molecule has 2 aliphatic heterocycles. The maximum atomic E-state index is 11.0. The van der Waals surface area contributed by atoms with E-state index in [-0.39, 0.29) is 0 Å². The van der Waals surface area contributed by atoms with Gasteiger partial charge < -0.3 is 14.6 Å². The molecular weight excluding hydrogens is 340 g/mol. The number of benzene rings is 1. The first-order valence-electron chi connectivity index (χ1n) is 10.6. The van der Waals surface area contributed by atoms with Crippen molar-refractivity contribution in [3.05, 3.63) is 29.8 Å². The molecule has 3 fully saturated rings. The molecule has 3 aliphatic rings. The van der Waals surface area contributed by atoms with Crippen LogP contribution in [0, 0.1) is 11.8 Å². The van der Waals surface area contributed by atoms with Crippen LogP contribution in [-0.2, 0) is 11.3 Å². The Morgan fingerprint density at radius 3 is 2.67 bits per heavy atom. The van der Waals surface area contributed by atoms with E-state index >= 15 is 0 Å². The van der Waals surface area contributed by atoms with Crippen molar-refractivity contribution in [1.82, 2.24) is 9.80 Å². The summed E-state index contributed by atoms with van der Waals surface area (Å²) in [6, 6.07) is 8.41. The first-order valence-corrected chi connectivity index (χ1v) is 10.6. The topological polar surface area (TPSA) is 45.2 Å². The molecule has 5 heteroatoms. The van der Waals surface area contributed by atoms with Crippen molar-refractivity contribution in [2.45, 2.75) is 38.3 Å². The summed E-state index contributed by atoms with van der Waals surface area (Å²) in [5.41, 5.74) is 0.827. The van der Waals surface area contributed by atoms with Crippen molar-refractivity contribution < 1.29 is 14.6 Å². The van der Waals surface area contributed by atoms with E-state index in [9.17, 15) is 5.11 Å². The molecule has 150 valence electrons. The van der Waals surface area contributed by atoms with E-state index in [1.165, 1.54) is 18.4 Å². The molecule has 5 nitrogen and oxygen atoms in total. The van der Waals surface area contributed by atoms with Gasteiger partial charge in [-0.1, -0.05) is 25.1 Å². The van der Waals surface area contributed by atoms with Gasteiger partial charge in [0.25, 0.3) is 0 Å². The first-order chi connectivity index (χ1) is 13.1. The Labute approximate surface area is 163 Å². The van der Waals surface area contributed by atoms with Gasteiger partial charge in [-0.15, -0.1) is 0 Å². The van der Waals surface area contributed by atoms with Crippen LogP contribution in [-0.4, -0.2) is 73.1 Å². The summed E-state index contributed by atoms with van der Waals surface area (Å²) in [5.74, 6) is 1.89. The van der Waals surface area contributed by atoms with Gasteiger partial charge in [0.05, 0.1) is 18.8 Å². The largest absolute Gasteiger partial charge is 0.492 e. The molecule has 27 heavy (non-hydrogen) atoms. The van der Waals surface area contributed by atoms with E-state index in [1.807, 2.05) is 0 Å². The van der Waals surface area contributed by atoms with Gasteiger partial charge >= 0.3 is 0 Å².